The Balaban J connectivity index is 2.15. The maximum atomic E-state index is 11.3. The third kappa shape index (κ3) is 3.01. The van der Waals surface area contributed by atoms with Gasteiger partial charge in [0.05, 0.1) is 16.1 Å². The Kier molecular flexibility index (Phi) is 4.54. The number of nitroso groups, excluding NO2 is 1. The van der Waals surface area contributed by atoms with Crippen LogP contribution in [0.2, 0.25) is 10.0 Å². The van der Waals surface area contributed by atoms with E-state index in [-0.39, 0.29) is 10.6 Å². The molecule has 0 amide bonds. The average Bonchev–Trinajstić information content (AvgIpc) is 2.88. The molecule has 7 heteroatoms. The van der Waals surface area contributed by atoms with E-state index in [1.807, 2.05) is 24.6 Å². The zero-order chi connectivity index (χ0) is 18.3. The van der Waals surface area contributed by atoms with E-state index >= 15 is 0 Å². The number of hydrogen-bond acceptors (Lipinski definition) is 3. The summed E-state index contributed by atoms with van der Waals surface area (Å²) in [6.45, 7) is 1.91. The van der Waals surface area contributed by atoms with E-state index in [0.29, 0.717) is 22.7 Å². The molecule has 0 radical (unpaired) electrons. The van der Waals surface area contributed by atoms with Gasteiger partial charge in [0.2, 0.25) is 0 Å². The van der Waals surface area contributed by atoms with Crippen molar-refractivity contribution in [2.45, 2.75) is 13.3 Å². The molecule has 0 saturated heterocycles. The minimum atomic E-state index is -1.10. The van der Waals surface area contributed by atoms with Crippen molar-refractivity contribution in [1.82, 2.24) is 4.57 Å². The molecule has 0 unspecified atom stereocenters. The van der Waals surface area contributed by atoms with E-state index in [2.05, 4.69) is 5.18 Å². The van der Waals surface area contributed by atoms with Crippen molar-refractivity contribution >= 4 is 45.8 Å². The van der Waals surface area contributed by atoms with Gasteiger partial charge in [-0.1, -0.05) is 23.2 Å². The van der Waals surface area contributed by atoms with Gasteiger partial charge in [0.25, 0.3) is 0 Å². The fraction of sp³-hybridized carbons (Fsp3) is 0.167. The van der Waals surface area contributed by atoms with Crippen LogP contribution in [0.5, 0.6) is 0 Å². The summed E-state index contributed by atoms with van der Waals surface area (Å²) in [6.07, 6.45) is 0.368. The topological polar surface area (TPSA) is 71.7 Å². The molecule has 3 rings (SSSR count). The van der Waals surface area contributed by atoms with Crippen LogP contribution in [0.25, 0.3) is 10.9 Å². The zero-order valence-electron chi connectivity index (χ0n) is 13.5. The highest BCUT2D eigenvalue weighted by Crippen LogP contribution is 2.33. The lowest BCUT2D eigenvalue weighted by molar-refractivity contribution is 0.0697. The van der Waals surface area contributed by atoms with Crippen LogP contribution in [0.3, 0.4) is 0 Å². The number of aryl methyl sites for hydroxylation is 2. The lowest BCUT2D eigenvalue weighted by atomic mass is 10.1. The van der Waals surface area contributed by atoms with Crippen LogP contribution in [-0.4, -0.2) is 15.6 Å². The normalized spacial score (nSPS) is 11.0. The van der Waals surface area contributed by atoms with Crippen molar-refractivity contribution in [2.24, 2.45) is 12.2 Å². The second-order valence-electron chi connectivity index (χ2n) is 5.85. The highest BCUT2D eigenvalue weighted by Gasteiger charge is 2.18. The number of rotatable bonds is 4. The summed E-state index contributed by atoms with van der Waals surface area (Å²) >= 11 is 12.5. The number of aromatic carboxylic acids is 1. The predicted molar refractivity (Wildman–Crippen MR) is 99.3 cm³/mol. The number of carboxylic acids is 1. The maximum Gasteiger partial charge on any atom is 0.337 e. The van der Waals surface area contributed by atoms with Gasteiger partial charge in [-0.05, 0) is 53.6 Å². The third-order valence-electron chi connectivity index (χ3n) is 4.33. The number of halogens is 2. The van der Waals surface area contributed by atoms with Crippen molar-refractivity contribution in [2.75, 3.05) is 0 Å². The molecule has 0 aliphatic rings. The first-order valence-electron chi connectivity index (χ1n) is 7.46. The van der Waals surface area contributed by atoms with Gasteiger partial charge in [-0.25, -0.2) is 4.79 Å². The Morgan fingerprint density at radius 3 is 2.60 bits per heavy atom. The Bertz CT molecular complexity index is 1030. The van der Waals surface area contributed by atoms with Gasteiger partial charge in [0.15, 0.2) is 0 Å². The molecule has 1 heterocycles. The van der Waals surface area contributed by atoms with Crippen molar-refractivity contribution in [3.63, 3.8) is 0 Å². The van der Waals surface area contributed by atoms with Crippen LogP contribution in [0.15, 0.2) is 35.5 Å². The first-order chi connectivity index (χ1) is 11.8. The molecule has 0 fully saturated rings. The number of carbonyl (C=O) groups is 1. The minimum absolute atomic E-state index is 0.0171. The first kappa shape index (κ1) is 17.5. The molecule has 0 bridgehead atoms. The second kappa shape index (κ2) is 6.50. The molecule has 128 valence electrons. The number of fused-ring (bicyclic) bond motifs is 1. The van der Waals surface area contributed by atoms with Gasteiger partial charge in [0.1, 0.15) is 5.69 Å². The van der Waals surface area contributed by atoms with Crippen molar-refractivity contribution in [1.29, 1.82) is 0 Å². The fourth-order valence-corrected chi connectivity index (χ4v) is 3.56. The molecule has 3 aromatic rings. The van der Waals surface area contributed by atoms with Gasteiger partial charge >= 0.3 is 5.97 Å². The number of benzene rings is 2. The molecular formula is C18H14Cl2N2O3. The smallest absolute Gasteiger partial charge is 0.337 e. The van der Waals surface area contributed by atoms with Crippen molar-refractivity contribution in [3.05, 3.63) is 67.7 Å². The zero-order valence-corrected chi connectivity index (χ0v) is 15.0. The fourth-order valence-electron chi connectivity index (χ4n) is 2.97. The molecule has 1 aromatic heterocycles. The van der Waals surface area contributed by atoms with E-state index in [0.717, 1.165) is 22.2 Å². The molecule has 5 nitrogen and oxygen atoms in total. The molecule has 0 aliphatic heterocycles. The monoisotopic (exact) mass is 376 g/mol. The summed E-state index contributed by atoms with van der Waals surface area (Å²) in [7, 11) is 1.87. The van der Waals surface area contributed by atoms with Gasteiger partial charge in [-0.3, -0.25) is 0 Å². The van der Waals surface area contributed by atoms with E-state index in [4.69, 9.17) is 23.2 Å². The Labute approximate surface area is 153 Å². The van der Waals surface area contributed by atoms with Crippen LogP contribution in [0.1, 0.15) is 27.2 Å². The molecule has 1 N–H and O–H groups in total. The van der Waals surface area contributed by atoms with E-state index < -0.39 is 5.97 Å². The van der Waals surface area contributed by atoms with E-state index in [1.165, 1.54) is 12.1 Å². The highest BCUT2D eigenvalue weighted by atomic mass is 35.5. The van der Waals surface area contributed by atoms with Crippen LogP contribution in [-0.2, 0) is 13.5 Å². The standard InChI is InChI=1S/C18H14Cl2N2O3/c1-9-5-10(21-25)6-16-13(9)7-11(22(16)2)8-14-15(19)4-3-12(17(14)20)18(23)24/h3-7H,8H2,1-2H3,(H,23,24). The lowest BCUT2D eigenvalue weighted by Gasteiger charge is -2.10. The maximum absolute atomic E-state index is 11.3. The molecule has 0 aliphatic carbocycles. The molecule has 0 spiro atoms. The largest absolute Gasteiger partial charge is 0.478 e. The van der Waals surface area contributed by atoms with Gasteiger partial charge in [-0.15, -0.1) is 4.91 Å². The van der Waals surface area contributed by atoms with Crippen LogP contribution >= 0.6 is 23.2 Å². The number of aromatic nitrogens is 1. The predicted octanol–water partition coefficient (Wildman–Crippen LogP) is 5.48. The summed E-state index contributed by atoms with van der Waals surface area (Å²) in [5.41, 5.74) is 3.63. The summed E-state index contributed by atoms with van der Waals surface area (Å²) in [5, 5.41) is 13.8. The molecule has 0 saturated carbocycles. The molecule has 2 aromatic carbocycles. The van der Waals surface area contributed by atoms with Crippen LogP contribution < -0.4 is 0 Å². The molecule has 0 atom stereocenters. The minimum Gasteiger partial charge on any atom is -0.478 e. The molecule has 25 heavy (non-hydrogen) atoms. The van der Waals surface area contributed by atoms with Crippen LogP contribution in [0.4, 0.5) is 5.69 Å². The lowest BCUT2D eigenvalue weighted by Crippen LogP contribution is -2.03. The summed E-state index contributed by atoms with van der Waals surface area (Å²) in [6, 6.07) is 8.36. The van der Waals surface area contributed by atoms with Crippen LogP contribution in [0, 0.1) is 11.8 Å². The SMILES string of the molecule is Cc1cc(N=O)cc2c1cc(Cc1c(Cl)ccc(C(=O)O)c1Cl)n2C. The molecular weight excluding hydrogens is 363 g/mol. The van der Waals surface area contributed by atoms with Gasteiger partial charge < -0.3 is 9.67 Å². The van der Waals surface area contributed by atoms with Gasteiger partial charge in [-0.2, -0.15) is 0 Å². The van der Waals surface area contributed by atoms with Crippen molar-refractivity contribution in [3.8, 4) is 0 Å². The summed E-state index contributed by atoms with van der Waals surface area (Å²) < 4.78 is 1.93. The summed E-state index contributed by atoms with van der Waals surface area (Å²) in [5.74, 6) is -1.10. The highest BCUT2D eigenvalue weighted by molar-refractivity contribution is 6.38. The van der Waals surface area contributed by atoms with E-state index in [1.54, 1.807) is 12.1 Å². The van der Waals surface area contributed by atoms with Gasteiger partial charge in [0, 0.05) is 29.6 Å². The van der Waals surface area contributed by atoms with E-state index in [9.17, 15) is 14.8 Å². The number of carboxylic acid groups (broad SMARTS) is 1. The van der Waals surface area contributed by atoms with Crippen molar-refractivity contribution < 1.29 is 9.90 Å². The Hall–Kier alpha value is -2.37. The number of hydrogen-bond donors (Lipinski definition) is 1. The Morgan fingerprint density at radius 2 is 1.96 bits per heavy atom. The first-order valence-corrected chi connectivity index (χ1v) is 8.21. The number of nitrogens with zero attached hydrogens (tertiary/aromatic N) is 2. The quantitative estimate of drug-likeness (QED) is 0.612. The Morgan fingerprint density at radius 1 is 1.24 bits per heavy atom. The second-order valence-corrected chi connectivity index (χ2v) is 6.64. The third-order valence-corrected chi connectivity index (χ3v) is 5.12. The average molecular weight is 377 g/mol. The summed E-state index contributed by atoms with van der Waals surface area (Å²) in [4.78, 5) is 22.1.